The topological polar surface area (TPSA) is 93.5 Å². The van der Waals surface area contributed by atoms with Crippen LogP contribution in [0.5, 0.6) is 0 Å². The van der Waals surface area contributed by atoms with Crippen LogP contribution in [-0.2, 0) is 16.6 Å². The molecule has 1 fully saturated rings. The Morgan fingerprint density at radius 2 is 1.77 bits per heavy atom. The molecule has 1 aromatic heterocycles. The van der Waals surface area contributed by atoms with Gasteiger partial charge in [-0.15, -0.1) is 0 Å². The van der Waals surface area contributed by atoms with Crippen LogP contribution in [0.25, 0.3) is 11.3 Å². The number of nitrogens with one attached hydrogen (secondary N) is 1. The van der Waals surface area contributed by atoms with Crippen LogP contribution in [0.4, 0.5) is 4.79 Å². The molecule has 0 radical (unpaired) electrons. The molecule has 1 atom stereocenters. The van der Waals surface area contributed by atoms with Gasteiger partial charge in [0.25, 0.3) is 11.8 Å². The number of hydrogen-bond donors (Lipinski definition) is 1. The minimum atomic E-state index is -0.706. The van der Waals surface area contributed by atoms with Crippen LogP contribution in [0.15, 0.2) is 66.7 Å². The van der Waals surface area contributed by atoms with Gasteiger partial charge in [-0.3, -0.25) is 14.3 Å². The van der Waals surface area contributed by atoms with E-state index in [2.05, 4.69) is 10.4 Å². The number of cyclic esters (lactones) is 1. The Labute approximate surface area is 173 Å². The Morgan fingerprint density at radius 1 is 1.10 bits per heavy atom. The molecule has 3 amide bonds. The SMILES string of the molecule is Cn1nc(-c2ccccc2)cc1C(=O)NC(CN1C(=O)COC1=O)c1ccccc1. The van der Waals surface area contributed by atoms with Crippen LogP contribution in [-0.4, -0.2) is 45.7 Å². The third-order valence-corrected chi connectivity index (χ3v) is 4.89. The van der Waals surface area contributed by atoms with Gasteiger partial charge in [0.05, 0.1) is 18.3 Å². The van der Waals surface area contributed by atoms with Crippen molar-refractivity contribution in [2.75, 3.05) is 13.2 Å². The molecule has 1 N–H and O–H groups in total. The zero-order valence-electron chi connectivity index (χ0n) is 16.3. The number of aryl methyl sites for hydroxylation is 1. The third kappa shape index (κ3) is 3.93. The first-order chi connectivity index (χ1) is 14.5. The molecule has 8 nitrogen and oxygen atoms in total. The number of aromatic nitrogens is 2. The molecule has 152 valence electrons. The molecule has 1 aliphatic rings. The van der Waals surface area contributed by atoms with Crippen molar-refractivity contribution in [3.63, 3.8) is 0 Å². The van der Waals surface area contributed by atoms with Crippen molar-refractivity contribution in [2.24, 2.45) is 7.05 Å². The molecule has 30 heavy (non-hydrogen) atoms. The largest absolute Gasteiger partial charge is 0.439 e. The second kappa shape index (κ2) is 8.20. The summed E-state index contributed by atoms with van der Waals surface area (Å²) in [5.74, 6) is -0.789. The molecule has 4 rings (SSSR count). The van der Waals surface area contributed by atoms with E-state index in [4.69, 9.17) is 4.74 Å². The summed E-state index contributed by atoms with van der Waals surface area (Å²) in [5, 5.41) is 7.35. The summed E-state index contributed by atoms with van der Waals surface area (Å²) in [7, 11) is 1.69. The third-order valence-electron chi connectivity index (χ3n) is 4.89. The summed E-state index contributed by atoms with van der Waals surface area (Å²) < 4.78 is 6.30. The number of benzene rings is 2. The lowest BCUT2D eigenvalue weighted by Crippen LogP contribution is -2.40. The van der Waals surface area contributed by atoms with E-state index in [1.54, 1.807) is 13.1 Å². The number of carbonyl (C=O) groups is 3. The van der Waals surface area contributed by atoms with E-state index in [0.717, 1.165) is 16.0 Å². The van der Waals surface area contributed by atoms with E-state index in [0.29, 0.717) is 11.4 Å². The van der Waals surface area contributed by atoms with Gasteiger partial charge < -0.3 is 10.1 Å². The summed E-state index contributed by atoms with van der Waals surface area (Å²) in [5.41, 5.74) is 2.71. The average Bonchev–Trinajstić information content (AvgIpc) is 3.31. The van der Waals surface area contributed by atoms with Gasteiger partial charge in [-0.05, 0) is 11.6 Å². The fraction of sp³-hybridized carbons (Fsp3) is 0.182. The Hall–Kier alpha value is -3.94. The average molecular weight is 404 g/mol. The molecule has 3 aromatic rings. The lowest BCUT2D eigenvalue weighted by Gasteiger charge is -2.22. The number of hydrogen-bond acceptors (Lipinski definition) is 5. The van der Waals surface area contributed by atoms with E-state index in [-0.39, 0.29) is 19.1 Å². The van der Waals surface area contributed by atoms with Crippen molar-refractivity contribution in [3.8, 4) is 11.3 Å². The van der Waals surface area contributed by atoms with E-state index in [1.165, 1.54) is 4.68 Å². The standard InChI is InChI=1S/C22H20N4O4/c1-25-19(12-17(24-25)15-8-4-2-5-9-15)21(28)23-18(16-10-6-3-7-11-16)13-26-20(27)14-30-22(26)29/h2-12,18H,13-14H2,1H3,(H,23,28). The fourth-order valence-corrected chi connectivity index (χ4v) is 3.32. The van der Waals surface area contributed by atoms with Crippen molar-refractivity contribution >= 4 is 17.9 Å². The molecule has 1 aliphatic heterocycles. The zero-order valence-corrected chi connectivity index (χ0v) is 16.3. The molecule has 1 saturated heterocycles. The maximum absolute atomic E-state index is 13.0. The van der Waals surface area contributed by atoms with E-state index < -0.39 is 18.0 Å². The smallest absolute Gasteiger partial charge is 0.417 e. The predicted molar refractivity (Wildman–Crippen MR) is 108 cm³/mol. The van der Waals surface area contributed by atoms with Crippen LogP contribution >= 0.6 is 0 Å². The van der Waals surface area contributed by atoms with E-state index in [9.17, 15) is 14.4 Å². The Kier molecular flexibility index (Phi) is 5.30. The molecular weight excluding hydrogens is 384 g/mol. The van der Waals surface area contributed by atoms with Gasteiger partial charge in [-0.25, -0.2) is 9.69 Å². The molecule has 0 saturated carbocycles. The number of ether oxygens (including phenoxy) is 1. The van der Waals surface area contributed by atoms with Crippen molar-refractivity contribution < 1.29 is 19.1 Å². The highest BCUT2D eigenvalue weighted by Gasteiger charge is 2.34. The molecule has 0 aliphatic carbocycles. The van der Waals surface area contributed by atoms with Crippen LogP contribution in [0.3, 0.4) is 0 Å². The van der Waals surface area contributed by atoms with E-state index >= 15 is 0 Å². The second-order valence-electron chi connectivity index (χ2n) is 6.90. The normalized spacial score (nSPS) is 14.5. The lowest BCUT2D eigenvalue weighted by atomic mass is 10.1. The minimum Gasteiger partial charge on any atom is -0.439 e. The van der Waals surface area contributed by atoms with Crippen molar-refractivity contribution in [1.29, 1.82) is 0 Å². The maximum atomic E-state index is 13.0. The summed E-state index contributed by atoms with van der Waals surface area (Å²) >= 11 is 0. The van der Waals surface area contributed by atoms with Gasteiger partial charge in [0.15, 0.2) is 6.61 Å². The highest BCUT2D eigenvalue weighted by molar-refractivity contribution is 5.98. The maximum Gasteiger partial charge on any atom is 0.417 e. The van der Waals surface area contributed by atoms with Gasteiger partial charge in [0.1, 0.15) is 5.69 Å². The highest BCUT2D eigenvalue weighted by Crippen LogP contribution is 2.21. The summed E-state index contributed by atoms with van der Waals surface area (Å²) in [6.07, 6.45) is -0.706. The first-order valence-corrected chi connectivity index (χ1v) is 9.45. The Bertz CT molecular complexity index is 1060. The quantitative estimate of drug-likeness (QED) is 0.681. The summed E-state index contributed by atoms with van der Waals surface area (Å²) in [6, 6.07) is 19.8. The van der Waals surface area contributed by atoms with Crippen LogP contribution in [0, 0.1) is 0 Å². The van der Waals surface area contributed by atoms with Crippen molar-refractivity contribution in [3.05, 3.63) is 78.0 Å². The van der Waals surface area contributed by atoms with Crippen LogP contribution in [0.2, 0.25) is 0 Å². The summed E-state index contributed by atoms with van der Waals surface area (Å²) in [4.78, 5) is 37.9. The molecule has 1 unspecified atom stereocenters. The molecule has 0 spiro atoms. The number of amides is 3. The monoisotopic (exact) mass is 404 g/mol. The molecular formula is C22H20N4O4. The zero-order chi connectivity index (χ0) is 21.1. The summed E-state index contributed by atoms with van der Waals surface area (Å²) in [6.45, 7) is -0.298. The number of nitrogens with zero attached hydrogens (tertiary/aromatic N) is 3. The fourth-order valence-electron chi connectivity index (χ4n) is 3.32. The number of imide groups is 1. The van der Waals surface area contributed by atoms with Gasteiger partial charge in [0.2, 0.25) is 0 Å². The number of carbonyl (C=O) groups excluding carboxylic acids is 3. The van der Waals surface area contributed by atoms with Gasteiger partial charge in [-0.1, -0.05) is 60.7 Å². The molecule has 8 heteroatoms. The highest BCUT2D eigenvalue weighted by atomic mass is 16.6. The van der Waals surface area contributed by atoms with E-state index in [1.807, 2.05) is 60.7 Å². The minimum absolute atomic E-state index is 0.0170. The number of rotatable bonds is 6. The second-order valence-corrected chi connectivity index (χ2v) is 6.90. The molecule has 2 heterocycles. The predicted octanol–water partition coefficient (Wildman–Crippen LogP) is 2.54. The van der Waals surface area contributed by atoms with Crippen molar-refractivity contribution in [1.82, 2.24) is 20.0 Å². The van der Waals surface area contributed by atoms with Gasteiger partial charge in [0, 0.05) is 12.6 Å². The Balaban J connectivity index is 1.58. The Morgan fingerprint density at radius 3 is 2.40 bits per heavy atom. The lowest BCUT2D eigenvalue weighted by molar-refractivity contribution is -0.126. The van der Waals surface area contributed by atoms with Gasteiger partial charge >= 0.3 is 6.09 Å². The van der Waals surface area contributed by atoms with Crippen molar-refractivity contribution in [2.45, 2.75) is 6.04 Å². The molecule has 0 bridgehead atoms. The molecule has 2 aromatic carbocycles. The van der Waals surface area contributed by atoms with Crippen LogP contribution in [0.1, 0.15) is 22.1 Å². The van der Waals surface area contributed by atoms with Crippen LogP contribution < -0.4 is 5.32 Å². The first-order valence-electron chi connectivity index (χ1n) is 9.45. The first kappa shape index (κ1) is 19.4. The van der Waals surface area contributed by atoms with Gasteiger partial charge in [-0.2, -0.15) is 5.10 Å².